The van der Waals surface area contributed by atoms with Crippen molar-refractivity contribution in [1.29, 1.82) is 0 Å². The third-order valence-electron chi connectivity index (χ3n) is 6.66. The van der Waals surface area contributed by atoms with Crippen molar-refractivity contribution in [2.75, 3.05) is 0 Å². The van der Waals surface area contributed by atoms with E-state index in [-0.39, 0.29) is 0 Å². The summed E-state index contributed by atoms with van der Waals surface area (Å²) in [5.74, 6) is 0. The largest absolute Gasteiger partial charge is 0.298 e. The van der Waals surface area contributed by atoms with E-state index >= 15 is 0 Å². The first-order valence-electron chi connectivity index (χ1n) is 15.3. The number of aromatic nitrogens is 2. The normalized spacial score (nSPS) is 9.78. The third kappa shape index (κ3) is 14.0. The molecule has 0 aliphatic rings. The number of aryl methyl sites for hydroxylation is 1. The van der Waals surface area contributed by atoms with Crippen LogP contribution in [0.1, 0.15) is 87.4 Å². The van der Waals surface area contributed by atoms with Gasteiger partial charge >= 0.3 is 0 Å². The fourth-order valence-corrected chi connectivity index (χ4v) is 4.26. The molecule has 0 unspecified atom stereocenters. The molecule has 4 nitrogen and oxygen atoms in total. The summed E-state index contributed by atoms with van der Waals surface area (Å²) in [4.78, 5) is 29.2. The molecule has 0 fully saturated rings. The molecule has 0 amide bonds. The van der Waals surface area contributed by atoms with Crippen LogP contribution in [-0.4, -0.2) is 22.5 Å². The highest BCUT2D eigenvalue weighted by atomic mass is 16.1. The Morgan fingerprint density at radius 1 is 0.717 bits per heavy atom. The van der Waals surface area contributed by atoms with Gasteiger partial charge in [0.15, 0.2) is 6.29 Å². The highest BCUT2D eigenvalue weighted by molar-refractivity contribution is 5.92. The number of pyridine rings is 2. The van der Waals surface area contributed by atoms with Crippen LogP contribution in [0.15, 0.2) is 129 Å². The molecule has 0 saturated carbocycles. The molecule has 0 atom stereocenters. The van der Waals surface area contributed by atoms with Crippen molar-refractivity contribution in [1.82, 2.24) is 9.97 Å². The summed E-state index contributed by atoms with van der Waals surface area (Å²) in [5.41, 5.74) is 10.9. The summed E-state index contributed by atoms with van der Waals surface area (Å²) < 4.78 is 0. The molecular formula is C42H50N2O2. The SMILES string of the molecule is C=C/C=C(C)\C=C/C.C=Cc1c(C)c(C)c(C(=C)c2ccncc2)c(C)c1C=O.CC.Cc1ccccc1.O=Cc1ccncc1. The van der Waals surface area contributed by atoms with Gasteiger partial charge in [0.05, 0.1) is 0 Å². The minimum Gasteiger partial charge on any atom is -0.298 e. The first-order chi connectivity index (χ1) is 22.2. The summed E-state index contributed by atoms with van der Waals surface area (Å²) >= 11 is 0. The van der Waals surface area contributed by atoms with Crippen LogP contribution in [0.25, 0.3) is 11.6 Å². The second kappa shape index (κ2) is 24.1. The minimum absolute atomic E-state index is 0.667. The minimum atomic E-state index is 0.667. The van der Waals surface area contributed by atoms with Crippen molar-refractivity contribution in [3.63, 3.8) is 0 Å². The summed E-state index contributed by atoms with van der Waals surface area (Å²) in [5, 5.41) is 0. The average molecular weight is 615 g/mol. The lowest BCUT2D eigenvalue weighted by molar-refractivity contribution is 0.111. The van der Waals surface area contributed by atoms with Gasteiger partial charge in [-0.1, -0.05) is 105 Å². The quantitative estimate of drug-likeness (QED) is 0.153. The number of aldehydes is 2. The van der Waals surface area contributed by atoms with Gasteiger partial charge in [-0.2, -0.15) is 0 Å². The monoisotopic (exact) mass is 614 g/mol. The van der Waals surface area contributed by atoms with Crippen molar-refractivity contribution in [3.8, 4) is 0 Å². The van der Waals surface area contributed by atoms with E-state index in [9.17, 15) is 9.59 Å². The predicted molar refractivity (Wildman–Crippen MR) is 199 cm³/mol. The Morgan fingerprint density at radius 3 is 1.65 bits per heavy atom. The smallest absolute Gasteiger partial charge is 0.150 e. The van der Waals surface area contributed by atoms with Crippen LogP contribution in [0.4, 0.5) is 0 Å². The first kappa shape index (κ1) is 40.8. The van der Waals surface area contributed by atoms with Crippen molar-refractivity contribution < 1.29 is 9.59 Å². The molecule has 240 valence electrons. The van der Waals surface area contributed by atoms with E-state index in [0.29, 0.717) is 11.1 Å². The summed E-state index contributed by atoms with van der Waals surface area (Å²) in [6.45, 7) is 27.8. The Balaban J connectivity index is 0.000000665. The summed E-state index contributed by atoms with van der Waals surface area (Å²) in [7, 11) is 0. The lowest BCUT2D eigenvalue weighted by Gasteiger charge is -2.20. The fraction of sp³-hybridized carbons (Fsp3) is 0.190. The number of hydrogen-bond donors (Lipinski definition) is 0. The molecule has 4 rings (SSSR count). The Kier molecular flexibility index (Phi) is 21.4. The lowest BCUT2D eigenvalue weighted by Crippen LogP contribution is -2.05. The van der Waals surface area contributed by atoms with Crippen molar-refractivity contribution in [3.05, 3.63) is 179 Å². The molecule has 46 heavy (non-hydrogen) atoms. The van der Waals surface area contributed by atoms with Gasteiger partial charge in [-0.3, -0.25) is 19.6 Å². The Hall–Kier alpha value is -5.22. The number of allylic oxidation sites excluding steroid dienone is 5. The van der Waals surface area contributed by atoms with Gasteiger partial charge in [0.25, 0.3) is 0 Å². The summed E-state index contributed by atoms with van der Waals surface area (Å²) in [6.07, 6.45) is 17.9. The van der Waals surface area contributed by atoms with Crippen molar-refractivity contribution in [2.24, 2.45) is 0 Å². The highest BCUT2D eigenvalue weighted by Gasteiger charge is 2.17. The molecule has 0 bridgehead atoms. The highest BCUT2D eigenvalue weighted by Crippen LogP contribution is 2.33. The van der Waals surface area contributed by atoms with E-state index in [1.807, 2.05) is 90.1 Å². The van der Waals surface area contributed by atoms with Crippen LogP contribution in [0.5, 0.6) is 0 Å². The molecule has 0 aliphatic heterocycles. The fourth-order valence-electron chi connectivity index (χ4n) is 4.26. The number of nitrogens with zero attached hydrogens (tertiary/aromatic N) is 2. The topological polar surface area (TPSA) is 59.9 Å². The van der Waals surface area contributed by atoms with Crippen LogP contribution >= 0.6 is 0 Å². The second-order valence-electron chi connectivity index (χ2n) is 9.81. The lowest BCUT2D eigenvalue weighted by atomic mass is 9.84. The molecule has 0 radical (unpaired) electrons. The molecule has 2 heterocycles. The van der Waals surface area contributed by atoms with E-state index < -0.39 is 0 Å². The first-order valence-corrected chi connectivity index (χ1v) is 15.3. The zero-order chi connectivity index (χ0) is 34.9. The molecule has 0 spiro atoms. The van der Waals surface area contributed by atoms with Crippen molar-refractivity contribution in [2.45, 2.75) is 55.4 Å². The van der Waals surface area contributed by atoms with Gasteiger partial charge in [-0.05, 0) is 105 Å². The van der Waals surface area contributed by atoms with Crippen LogP contribution in [-0.2, 0) is 0 Å². The molecule has 0 aliphatic carbocycles. The molecule has 4 aromatic rings. The molecular weight excluding hydrogens is 564 g/mol. The number of hydrogen-bond acceptors (Lipinski definition) is 4. The molecule has 4 heteroatoms. The molecule has 0 saturated heterocycles. The summed E-state index contributed by atoms with van der Waals surface area (Å²) in [6, 6.07) is 17.4. The third-order valence-corrected chi connectivity index (χ3v) is 6.66. The van der Waals surface area contributed by atoms with Crippen LogP contribution < -0.4 is 0 Å². The molecule has 0 N–H and O–H groups in total. The van der Waals surface area contributed by atoms with Gasteiger partial charge in [-0.15, -0.1) is 0 Å². The molecule has 2 aromatic heterocycles. The number of benzene rings is 2. The number of carbonyl (C=O) groups is 2. The maximum absolute atomic E-state index is 11.5. The van der Waals surface area contributed by atoms with Crippen LogP contribution in [0.3, 0.4) is 0 Å². The van der Waals surface area contributed by atoms with E-state index in [4.69, 9.17) is 0 Å². The van der Waals surface area contributed by atoms with Gasteiger partial charge in [0.1, 0.15) is 6.29 Å². The van der Waals surface area contributed by atoms with Crippen LogP contribution in [0.2, 0.25) is 0 Å². The molecule has 2 aromatic carbocycles. The van der Waals surface area contributed by atoms with E-state index in [1.165, 1.54) is 11.1 Å². The Morgan fingerprint density at radius 2 is 1.26 bits per heavy atom. The standard InChI is InChI=1S/C19H19NO.C8H12.C7H8.C6H5NO.C2H6/c1-6-17-12(2)13(3)19(15(5)18(17)11-21)14(4)16-7-9-20-10-8-16;1-4-6-8(3)7-5-2;1-7-5-3-2-4-6-7;8-5-6-1-3-7-4-2-6;1-2/h6-11H,1,4H2,2-3,5H3;4-7H,1H2,2-3H3;2-6H,1H3;1-5H;1-2H3/b;7-5-,8-6-;;;. The van der Waals surface area contributed by atoms with Gasteiger partial charge in [-0.25, -0.2) is 0 Å². The zero-order valence-electron chi connectivity index (χ0n) is 28.9. The second-order valence-corrected chi connectivity index (χ2v) is 9.81. The zero-order valence-corrected chi connectivity index (χ0v) is 28.9. The Bertz CT molecular complexity index is 1570. The number of rotatable bonds is 7. The van der Waals surface area contributed by atoms with E-state index in [2.05, 4.69) is 55.7 Å². The van der Waals surface area contributed by atoms with Gasteiger partial charge in [0, 0.05) is 35.9 Å². The maximum atomic E-state index is 11.5. The van der Waals surface area contributed by atoms with Gasteiger partial charge < -0.3 is 0 Å². The number of carbonyl (C=O) groups excluding carboxylic acids is 2. The van der Waals surface area contributed by atoms with E-state index in [0.717, 1.165) is 51.5 Å². The van der Waals surface area contributed by atoms with E-state index in [1.54, 1.807) is 49.1 Å². The predicted octanol–water partition coefficient (Wildman–Crippen LogP) is 11.1. The van der Waals surface area contributed by atoms with Gasteiger partial charge in [0.2, 0.25) is 0 Å². The van der Waals surface area contributed by atoms with Crippen molar-refractivity contribution >= 4 is 24.2 Å². The maximum Gasteiger partial charge on any atom is 0.150 e. The van der Waals surface area contributed by atoms with Crippen LogP contribution in [0, 0.1) is 27.7 Å². The average Bonchev–Trinajstić information content (AvgIpc) is 3.09. The Labute approximate surface area is 277 Å².